The lowest BCUT2D eigenvalue weighted by molar-refractivity contribution is 0.0597. The highest BCUT2D eigenvalue weighted by Gasteiger charge is 2.23. The highest BCUT2D eigenvalue weighted by molar-refractivity contribution is 7.89. The first kappa shape index (κ1) is 17.5. The fraction of sp³-hybridized carbons (Fsp3) is 0.500. The SMILES string of the molecule is CCC(C)(C)CNS(=O)(=O)c1ccc(O)c(C(=O)OC)c1. The first-order chi connectivity index (χ1) is 9.63. The summed E-state index contributed by atoms with van der Waals surface area (Å²) >= 11 is 0. The molecule has 1 aromatic carbocycles. The summed E-state index contributed by atoms with van der Waals surface area (Å²) in [7, 11) is -2.60. The van der Waals surface area contributed by atoms with Gasteiger partial charge in [0.2, 0.25) is 10.0 Å². The number of hydrogen-bond donors (Lipinski definition) is 2. The molecule has 0 fully saturated rings. The summed E-state index contributed by atoms with van der Waals surface area (Å²) in [4.78, 5) is 11.4. The largest absolute Gasteiger partial charge is 0.507 e. The van der Waals surface area contributed by atoms with E-state index in [1.54, 1.807) is 0 Å². The van der Waals surface area contributed by atoms with Crippen LogP contribution in [0.1, 0.15) is 37.6 Å². The molecule has 0 saturated carbocycles. The molecule has 7 heteroatoms. The molecule has 1 rings (SSSR count). The van der Waals surface area contributed by atoms with Crippen molar-refractivity contribution in [1.29, 1.82) is 0 Å². The molecule has 21 heavy (non-hydrogen) atoms. The number of ether oxygens (including phenoxy) is 1. The molecule has 0 atom stereocenters. The van der Waals surface area contributed by atoms with E-state index in [0.717, 1.165) is 25.7 Å². The van der Waals surface area contributed by atoms with Gasteiger partial charge in [-0.25, -0.2) is 17.9 Å². The molecule has 0 saturated heterocycles. The van der Waals surface area contributed by atoms with Gasteiger partial charge >= 0.3 is 5.97 Å². The van der Waals surface area contributed by atoms with Gasteiger partial charge in [-0.15, -0.1) is 0 Å². The number of carbonyl (C=O) groups is 1. The monoisotopic (exact) mass is 315 g/mol. The van der Waals surface area contributed by atoms with Gasteiger partial charge in [0, 0.05) is 6.54 Å². The standard InChI is InChI=1S/C14H21NO5S/c1-5-14(2,3)9-15-21(18,19)10-6-7-12(16)11(8-10)13(17)20-4/h6-8,15-16H,5,9H2,1-4H3. The van der Waals surface area contributed by atoms with Crippen LogP contribution in [-0.2, 0) is 14.8 Å². The fourth-order valence-corrected chi connectivity index (χ4v) is 2.72. The Morgan fingerprint density at radius 3 is 2.52 bits per heavy atom. The summed E-state index contributed by atoms with van der Waals surface area (Å²) in [6.45, 7) is 6.16. The van der Waals surface area contributed by atoms with Gasteiger partial charge in [-0.2, -0.15) is 0 Å². The normalized spacial score (nSPS) is 12.2. The zero-order valence-corrected chi connectivity index (χ0v) is 13.5. The van der Waals surface area contributed by atoms with Gasteiger partial charge in [0.05, 0.1) is 12.0 Å². The van der Waals surface area contributed by atoms with E-state index >= 15 is 0 Å². The Bertz CT molecular complexity index is 622. The van der Waals surface area contributed by atoms with Gasteiger partial charge in [-0.3, -0.25) is 0 Å². The van der Waals surface area contributed by atoms with Gasteiger partial charge in [0.1, 0.15) is 11.3 Å². The Morgan fingerprint density at radius 2 is 2.00 bits per heavy atom. The van der Waals surface area contributed by atoms with Gasteiger partial charge < -0.3 is 9.84 Å². The number of phenols is 1. The number of sulfonamides is 1. The predicted molar refractivity (Wildman–Crippen MR) is 78.7 cm³/mol. The number of rotatable bonds is 6. The smallest absolute Gasteiger partial charge is 0.341 e. The van der Waals surface area contributed by atoms with E-state index in [9.17, 15) is 18.3 Å². The molecule has 0 aliphatic heterocycles. The van der Waals surface area contributed by atoms with Crippen LogP contribution in [0.15, 0.2) is 23.1 Å². The second kappa shape index (κ2) is 6.44. The van der Waals surface area contributed by atoms with Crippen LogP contribution in [0, 0.1) is 5.41 Å². The van der Waals surface area contributed by atoms with Crippen LogP contribution in [-0.4, -0.2) is 33.1 Å². The Labute approximate surface area is 125 Å². The molecule has 6 nitrogen and oxygen atoms in total. The average molecular weight is 315 g/mol. The Kier molecular flexibility index (Phi) is 5.36. The first-order valence-corrected chi connectivity index (χ1v) is 8.02. The lowest BCUT2D eigenvalue weighted by atomic mass is 9.91. The van der Waals surface area contributed by atoms with Crippen LogP contribution in [0.25, 0.3) is 0 Å². The Morgan fingerprint density at radius 1 is 1.38 bits per heavy atom. The van der Waals surface area contributed by atoms with E-state index in [0.29, 0.717) is 0 Å². The molecule has 0 unspecified atom stereocenters. The van der Waals surface area contributed by atoms with Crippen molar-refractivity contribution in [2.75, 3.05) is 13.7 Å². The molecule has 0 aliphatic carbocycles. The average Bonchev–Trinajstić information content (AvgIpc) is 2.45. The third kappa shape index (κ3) is 4.44. The van der Waals surface area contributed by atoms with Crippen molar-refractivity contribution in [3.63, 3.8) is 0 Å². The number of phenolic OH excluding ortho intramolecular Hbond substituents is 1. The third-order valence-corrected chi connectivity index (χ3v) is 4.78. The van der Waals surface area contributed by atoms with E-state index in [1.165, 1.54) is 6.07 Å². The molecular formula is C14H21NO5S. The fourth-order valence-electron chi connectivity index (χ4n) is 1.45. The maximum Gasteiger partial charge on any atom is 0.341 e. The number of esters is 1. The highest BCUT2D eigenvalue weighted by Crippen LogP contribution is 2.23. The van der Waals surface area contributed by atoms with Crippen molar-refractivity contribution in [1.82, 2.24) is 4.72 Å². The molecule has 0 spiro atoms. The minimum atomic E-state index is -3.75. The van der Waals surface area contributed by atoms with Gasteiger partial charge in [0.15, 0.2) is 0 Å². The van der Waals surface area contributed by atoms with Crippen molar-refractivity contribution in [2.24, 2.45) is 5.41 Å². The topological polar surface area (TPSA) is 92.7 Å². The summed E-state index contributed by atoms with van der Waals surface area (Å²) in [6.07, 6.45) is 0.818. The molecular weight excluding hydrogens is 294 g/mol. The summed E-state index contributed by atoms with van der Waals surface area (Å²) in [5.74, 6) is -1.12. The zero-order valence-electron chi connectivity index (χ0n) is 12.6. The molecule has 0 heterocycles. The molecule has 0 radical (unpaired) electrons. The predicted octanol–water partition coefficient (Wildman–Crippen LogP) is 1.89. The van der Waals surface area contributed by atoms with Gasteiger partial charge in [0.25, 0.3) is 0 Å². The molecule has 0 aromatic heterocycles. The summed E-state index contributed by atoms with van der Waals surface area (Å²) < 4.78 is 31.5. The van der Waals surface area contributed by atoms with Crippen molar-refractivity contribution < 1.29 is 23.1 Å². The molecule has 0 amide bonds. The second-order valence-electron chi connectivity index (χ2n) is 5.51. The number of carbonyl (C=O) groups excluding carboxylic acids is 1. The number of benzene rings is 1. The maximum atomic E-state index is 12.2. The van der Waals surface area contributed by atoms with Crippen molar-refractivity contribution in [3.8, 4) is 5.75 Å². The van der Waals surface area contributed by atoms with E-state index < -0.39 is 16.0 Å². The van der Waals surface area contributed by atoms with Crippen LogP contribution in [0.4, 0.5) is 0 Å². The number of methoxy groups -OCH3 is 1. The van der Waals surface area contributed by atoms with Crippen LogP contribution in [0.5, 0.6) is 5.75 Å². The van der Waals surface area contributed by atoms with E-state index in [-0.39, 0.29) is 28.2 Å². The van der Waals surface area contributed by atoms with Crippen LogP contribution < -0.4 is 4.72 Å². The van der Waals surface area contributed by atoms with Crippen molar-refractivity contribution in [2.45, 2.75) is 32.1 Å². The summed E-state index contributed by atoms with van der Waals surface area (Å²) in [5.41, 5.74) is -0.357. The lowest BCUT2D eigenvalue weighted by Crippen LogP contribution is -2.33. The second-order valence-corrected chi connectivity index (χ2v) is 7.28. The summed E-state index contributed by atoms with van der Waals surface area (Å²) in [6, 6.07) is 3.50. The Hall–Kier alpha value is -1.60. The lowest BCUT2D eigenvalue weighted by Gasteiger charge is -2.22. The number of aromatic hydroxyl groups is 1. The van der Waals surface area contributed by atoms with Crippen LogP contribution >= 0.6 is 0 Å². The zero-order chi connectivity index (χ0) is 16.3. The van der Waals surface area contributed by atoms with Crippen LogP contribution in [0.2, 0.25) is 0 Å². The minimum Gasteiger partial charge on any atom is -0.507 e. The first-order valence-electron chi connectivity index (χ1n) is 6.54. The quantitative estimate of drug-likeness (QED) is 0.782. The van der Waals surface area contributed by atoms with Crippen LogP contribution in [0.3, 0.4) is 0 Å². The number of nitrogens with one attached hydrogen (secondary N) is 1. The Balaban J connectivity index is 3.07. The van der Waals surface area contributed by atoms with Crippen molar-refractivity contribution in [3.05, 3.63) is 23.8 Å². The molecule has 118 valence electrons. The van der Waals surface area contributed by atoms with Gasteiger partial charge in [-0.05, 0) is 30.0 Å². The van der Waals surface area contributed by atoms with E-state index in [1.807, 2.05) is 20.8 Å². The third-order valence-electron chi connectivity index (χ3n) is 3.38. The summed E-state index contributed by atoms with van der Waals surface area (Å²) in [5, 5.41) is 9.58. The molecule has 0 aliphatic rings. The molecule has 0 bridgehead atoms. The maximum absolute atomic E-state index is 12.2. The molecule has 1 aromatic rings. The molecule has 2 N–H and O–H groups in total. The van der Waals surface area contributed by atoms with E-state index in [2.05, 4.69) is 9.46 Å². The van der Waals surface area contributed by atoms with Crippen molar-refractivity contribution >= 4 is 16.0 Å². The van der Waals surface area contributed by atoms with Gasteiger partial charge in [-0.1, -0.05) is 20.8 Å². The van der Waals surface area contributed by atoms with E-state index in [4.69, 9.17) is 0 Å². The highest BCUT2D eigenvalue weighted by atomic mass is 32.2. The minimum absolute atomic E-state index is 0.0902. The number of hydrogen-bond acceptors (Lipinski definition) is 5.